The molecule has 0 rings (SSSR count). The number of unbranched alkanes of at least 4 members (excludes halogenated alkanes) is 10. The highest BCUT2D eigenvalue weighted by atomic mass is 16.9. The summed E-state index contributed by atoms with van der Waals surface area (Å²) >= 11 is 0. The quantitative estimate of drug-likeness (QED) is 0.0602. The van der Waals surface area contributed by atoms with Gasteiger partial charge in [0.05, 0.1) is 0 Å². The van der Waals surface area contributed by atoms with Crippen molar-refractivity contribution in [2.24, 2.45) is 5.73 Å². The van der Waals surface area contributed by atoms with Crippen LogP contribution < -0.4 is 5.73 Å². The second-order valence-electron chi connectivity index (χ2n) is 10.7. The maximum atomic E-state index is 13.6. The molecule has 264 valence electrons. The molecule has 10 heteroatoms. The summed E-state index contributed by atoms with van der Waals surface area (Å²) < 4.78 is 51.7. The average Bonchev–Trinajstić information content (AvgIpc) is 2.99. The maximum absolute atomic E-state index is 13.6. The molecule has 0 aliphatic rings. The molecule has 0 saturated carbocycles. The summed E-state index contributed by atoms with van der Waals surface area (Å²) in [4.78, 5) is 13.6. The Hall–Kier alpha value is -0.850. The molecule has 0 bridgehead atoms. The molecule has 44 heavy (non-hydrogen) atoms. The maximum Gasteiger partial charge on any atom is 0.311 e. The normalized spacial score (nSPS) is 13.1. The summed E-state index contributed by atoms with van der Waals surface area (Å²) in [6.07, 6.45) is 13.4. The van der Waals surface area contributed by atoms with Crippen molar-refractivity contribution in [3.05, 3.63) is 0 Å². The first-order valence-electron chi connectivity index (χ1n) is 17.7. The highest BCUT2D eigenvalue weighted by Gasteiger charge is 2.80. The van der Waals surface area contributed by atoms with Gasteiger partial charge in [-0.2, -0.15) is 0 Å². The van der Waals surface area contributed by atoms with Gasteiger partial charge >= 0.3 is 5.79 Å². The Morgan fingerprint density at radius 3 is 1.07 bits per heavy atom. The van der Waals surface area contributed by atoms with Gasteiger partial charge in [0.2, 0.25) is 5.79 Å². The molecule has 2 N–H and O–H groups in total. The molecule has 0 radical (unpaired) electrons. The number of rotatable bonds is 32. The highest BCUT2D eigenvalue weighted by molar-refractivity contribution is 5.83. The van der Waals surface area contributed by atoms with Crippen molar-refractivity contribution < 1.29 is 42.7 Å². The van der Waals surface area contributed by atoms with E-state index in [0.717, 1.165) is 19.3 Å². The van der Waals surface area contributed by atoms with Gasteiger partial charge in [-0.1, -0.05) is 71.1 Å². The van der Waals surface area contributed by atoms with Gasteiger partial charge in [0.15, 0.2) is 0 Å². The van der Waals surface area contributed by atoms with Gasteiger partial charge in [-0.15, -0.1) is 0 Å². The van der Waals surface area contributed by atoms with Crippen LogP contribution in [0.5, 0.6) is 0 Å². The number of carbonyl (C=O) groups excluding carboxylic acids is 1. The summed E-state index contributed by atoms with van der Waals surface area (Å²) in [5.74, 6) is -8.98. The van der Waals surface area contributed by atoms with Gasteiger partial charge in [-0.05, 0) is 61.8 Å². The van der Waals surface area contributed by atoms with Gasteiger partial charge in [-0.25, -0.2) is 0 Å². The zero-order chi connectivity index (χ0) is 33.4. The largest absolute Gasteiger partial charge is 0.365 e. The van der Waals surface area contributed by atoms with Crippen LogP contribution in [-0.2, 0) is 42.7 Å². The molecule has 10 nitrogen and oxygen atoms in total. The minimum absolute atomic E-state index is 0.0635. The lowest BCUT2D eigenvalue weighted by atomic mass is 9.83. The van der Waals surface area contributed by atoms with Crippen molar-refractivity contribution in [1.29, 1.82) is 0 Å². The summed E-state index contributed by atoms with van der Waals surface area (Å²) in [5.41, 5.74) is 6.14. The van der Waals surface area contributed by atoms with E-state index in [0.29, 0.717) is 6.42 Å². The fourth-order valence-corrected chi connectivity index (χ4v) is 6.13. The third-order valence-corrected chi connectivity index (χ3v) is 7.64. The predicted molar refractivity (Wildman–Crippen MR) is 174 cm³/mol. The molecule has 0 atom stereocenters. The van der Waals surface area contributed by atoms with Crippen LogP contribution in [0.25, 0.3) is 0 Å². The number of hydrogen-bond donors (Lipinski definition) is 1. The summed E-state index contributed by atoms with van der Waals surface area (Å²) in [6.45, 7) is 17.8. The third-order valence-electron chi connectivity index (χ3n) is 7.64. The molecule has 0 aliphatic carbocycles. The molecule has 0 aliphatic heterocycles. The molecule has 0 aromatic heterocycles. The molecule has 0 spiro atoms. The monoisotopic (exact) mass is 635 g/mol. The first kappa shape index (κ1) is 43.1. The van der Waals surface area contributed by atoms with Gasteiger partial charge < -0.3 is 43.6 Å². The Bertz CT molecular complexity index is 682. The summed E-state index contributed by atoms with van der Waals surface area (Å²) in [7, 11) is 0. The van der Waals surface area contributed by atoms with Crippen LogP contribution in [0.4, 0.5) is 0 Å². The van der Waals surface area contributed by atoms with Gasteiger partial charge in [0, 0.05) is 59.3 Å². The lowest BCUT2D eigenvalue weighted by Gasteiger charge is -2.59. The third kappa shape index (κ3) is 10.9. The lowest BCUT2D eigenvalue weighted by Crippen LogP contribution is -2.83. The van der Waals surface area contributed by atoms with E-state index in [-0.39, 0.29) is 52.9 Å². The standard InChI is InChI=1S/C34H69NO9/c1-10-19-20-21-22-23-24-25-26-27-28-29-31(37-11-2,38-12-3)33(41-15-6,42-16-7)34(43-17-8,44-18-9)32(30(35)36,39-13-4)40-14-5/h10-29H2,1-9H3,(H2,35,36). The molecular formula is C34H69NO9. The Labute approximate surface area is 269 Å². The van der Waals surface area contributed by atoms with Gasteiger partial charge in [0.1, 0.15) is 0 Å². The van der Waals surface area contributed by atoms with E-state index in [1.807, 2.05) is 27.7 Å². The minimum Gasteiger partial charge on any atom is -0.365 e. The van der Waals surface area contributed by atoms with Crippen LogP contribution >= 0.6 is 0 Å². The Kier molecular flexibility index (Phi) is 23.9. The number of hydrogen-bond acceptors (Lipinski definition) is 9. The topological polar surface area (TPSA) is 117 Å². The van der Waals surface area contributed by atoms with Gasteiger partial charge in [0.25, 0.3) is 17.5 Å². The van der Waals surface area contributed by atoms with Crippen LogP contribution in [0.3, 0.4) is 0 Å². The molecule has 0 aromatic carbocycles. The zero-order valence-corrected chi connectivity index (χ0v) is 29.9. The fourth-order valence-electron chi connectivity index (χ4n) is 6.13. The number of carbonyl (C=O) groups is 1. The molecular weight excluding hydrogens is 566 g/mol. The second-order valence-corrected chi connectivity index (χ2v) is 10.7. The van der Waals surface area contributed by atoms with Crippen molar-refractivity contribution in [3.63, 3.8) is 0 Å². The van der Waals surface area contributed by atoms with Crippen molar-refractivity contribution in [3.8, 4) is 0 Å². The fraction of sp³-hybridized carbons (Fsp3) is 0.971. The van der Waals surface area contributed by atoms with Crippen molar-refractivity contribution >= 4 is 5.91 Å². The van der Waals surface area contributed by atoms with E-state index in [2.05, 4.69) is 6.92 Å². The van der Waals surface area contributed by atoms with E-state index in [1.54, 1.807) is 27.7 Å². The molecule has 0 unspecified atom stereocenters. The summed E-state index contributed by atoms with van der Waals surface area (Å²) in [5, 5.41) is 0. The van der Waals surface area contributed by atoms with Crippen LogP contribution in [-0.4, -0.2) is 81.9 Å². The van der Waals surface area contributed by atoms with Gasteiger partial charge in [-0.3, -0.25) is 4.79 Å². The van der Waals surface area contributed by atoms with E-state index in [4.69, 9.17) is 43.6 Å². The van der Waals surface area contributed by atoms with E-state index in [1.165, 1.54) is 51.4 Å². The lowest BCUT2D eigenvalue weighted by molar-refractivity contribution is -0.536. The number of primary amides is 1. The first-order valence-corrected chi connectivity index (χ1v) is 17.7. The second kappa shape index (κ2) is 24.3. The Morgan fingerprint density at radius 1 is 0.432 bits per heavy atom. The summed E-state index contributed by atoms with van der Waals surface area (Å²) in [6, 6.07) is 0. The van der Waals surface area contributed by atoms with Crippen LogP contribution in [0.15, 0.2) is 0 Å². The molecule has 1 amide bonds. The molecule has 0 heterocycles. The molecule has 0 aromatic rings. The van der Waals surface area contributed by atoms with Crippen LogP contribution in [0, 0.1) is 0 Å². The number of ether oxygens (including phenoxy) is 8. The van der Waals surface area contributed by atoms with E-state index >= 15 is 0 Å². The molecule has 0 fully saturated rings. The SMILES string of the molecule is CCCCCCCCCCCCCC(OCC)(OCC)C(OCC)(OCC)C(OCC)(OCC)C(OCC)(OCC)C(N)=O. The smallest absolute Gasteiger partial charge is 0.311 e. The zero-order valence-electron chi connectivity index (χ0n) is 29.9. The number of nitrogens with two attached hydrogens (primary N) is 1. The van der Waals surface area contributed by atoms with E-state index in [9.17, 15) is 4.79 Å². The van der Waals surface area contributed by atoms with Crippen LogP contribution in [0.1, 0.15) is 139 Å². The van der Waals surface area contributed by atoms with Crippen molar-refractivity contribution in [2.75, 3.05) is 52.9 Å². The first-order chi connectivity index (χ1) is 21.2. The van der Waals surface area contributed by atoms with E-state index < -0.39 is 29.1 Å². The highest BCUT2D eigenvalue weighted by Crippen LogP contribution is 2.53. The average molecular weight is 636 g/mol. The minimum atomic E-state index is -2.27. The van der Waals surface area contributed by atoms with Crippen molar-refractivity contribution in [2.45, 2.75) is 163 Å². The number of amides is 1. The Balaban J connectivity index is 6.88. The Morgan fingerprint density at radius 2 is 0.750 bits per heavy atom. The molecule has 0 saturated heterocycles. The predicted octanol–water partition coefficient (Wildman–Crippen LogP) is 7.25. The van der Waals surface area contributed by atoms with Crippen molar-refractivity contribution in [1.82, 2.24) is 0 Å². The van der Waals surface area contributed by atoms with Crippen LogP contribution in [0.2, 0.25) is 0 Å².